The minimum atomic E-state index is -0.280. The third-order valence-electron chi connectivity index (χ3n) is 10.6. The Bertz CT molecular complexity index is 3430. The smallest absolute Gasteiger partial charge is 0.230 e. The number of aromatic nitrogens is 12. The lowest BCUT2D eigenvalue weighted by Crippen LogP contribution is -2.13. The summed E-state index contributed by atoms with van der Waals surface area (Å²) in [5.74, 6) is 11.7. The van der Waals surface area contributed by atoms with Gasteiger partial charge in [0, 0.05) is 52.5 Å². The Kier molecular flexibility index (Phi) is 61.8. The van der Waals surface area contributed by atoms with Crippen molar-refractivity contribution in [2.45, 2.75) is 87.5 Å². The van der Waals surface area contributed by atoms with Gasteiger partial charge in [-0.15, -0.1) is 62.9 Å². The van der Waals surface area contributed by atoms with Gasteiger partial charge in [0.05, 0.1) is 26.2 Å². The summed E-state index contributed by atoms with van der Waals surface area (Å²) in [6.07, 6.45) is 23.3. The van der Waals surface area contributed by atoms with Crippen LogP contribution in [0.4, 0.5) is 65.1 Å². The lowest BCUT2D eigenvalue weighted by atomic mass is 10.2. The average Bonchev–Trinajstić information content (AvgIpc) is 2.49. The number of hydrogen-bond acceptors (Lipinski definition) is 24. The number of anilines is 8. The number of nitrogens with zero attached hydrogens (tertiary/aromatic N) is 12. The molecule has 0 saturated carbocycles. The molecule has 4 aromatic carbocycles. The highest BCUT2D eigenvalue weighted by molar-refractivity contribution is 6.33. The van der Waals surface area contributed by atoms with Crippen LogP contribution in [-0.4, -0.2) is 119 Å². The average molecular weight is 1540 g/mol. The maximum Gasteiger partial charge on any atom is 0.230 e. The van der Waals surface area contributed by atoms with Crippen molar-refractivity contribution < 1.29 is 22.3 Å². The summed E-state index contributed by atoms with van der Waals surface area (Å²) in [5.41, 5.74) is 18.8. The first-order chi connectivity index (χ1) is 46.8. The van der Waals surface area contributed by atoms with Gasteiger partial charge >= 0.3 is 0 Å². The zero-order valence-electron chi connectivity index (χ0n) is 55.6. The van der Waals surface area contributed by atoms with E-state index in [4.69, 9.17) is 87.6 Å². The maximum absolute atomic E-state index is 12.9. The van der Waals surface area contributed by atoms with E-state index >= 15 is 0 Å². The monoisotopic (exact) mass is 1540 g/mol. The maximum atomic E-state index is 12.9. The molecule has 0 unspecified atom stereocenters. The third-order valence-corrected chi connectivity index (χ3v) is 11.3. The van der Waals surface area contributed by atoms with Gasteiger partial charge in [0.15, 0.2) is 0 Å². The van der Waals surface area contributed by atoms with E-state index in [1.807, 2.05) is 13.8 Å². The van der Waals surface area contributed by atoms with Crippen LogP contribution in [0.25, 0.3) is 0 Å². The number of nitrogens with two attached hydrogens (primary N) is 3. The van der Waals surface area contributed by atoms with Crippen molar-refractivity contribution in [2.75, 3.05) is 102 Å². The minimum Gasteiger partial charge on any atom is -0.382 e. The van der Waals surface area contributed by atoms with Crippen LogP contribution in [-0.2, 0) is 30.9 Å². The Hall–Kier alpha value is -8.85. The first-order valence-corrected chi connectivity index (χ1v) is 31.3. The Morgan fingerprint density at radius 3 is 0.802 bits per heavy atom. The second kappa shape index (κ2) is 63.3. The molecule has 101 heavy (non-hydrogen) atoms. The van der Waals surface area contributed by atoms with Crippen molar-refractivity contribution in [2.24, 2.45) is 17.2 Å². The molecular formula is C66H88Cl7F4N23O. The van der Waals surface area contributed by atoms with Crippen molar-refractivity contribution in [3.05, 3.63) is 164 Å². The first-order valence-electron chi connectivity index (χ1n) is 29.8. The molecule has 0 fully saturated rings. The molecule has 0 bridgehead atoms. The van der Waals surface area contributed by atoms with Gasteiger partial charge in [-0.05, 0) is 157 Å². The van der Waals surface area contributed by atoms with Crippen molar-refractivity contribution >= 4 is 131 Å². The van der Waals surface area contributed by atoms with E-state index < -0.39 is 0 Å². The van der Waals surface area contributed by atoms with Gasteiger partial charge in [0.2, 0.25) is 68.7 Å². The van der Waals surface area contributed by atoms with E-state index in [2.05, 4.69) is 153 Å². The summed E-state index contributed by atoms with van der Waals surface area (Å²) in [7, 11) is 0. The molecule has 0 aliphatic carbocycles. The second-order valence-corrected chi connectivity index (χ2v) is 19.6. The topological polar surface area (TPSA) is 338 Å². The van der Waals surface area contributed by atoms with E-state index in [9.17, 15) is 17.6 Å². The number of nitrogens with one attached hydrogen (secondary N) is 8. The van der Waals surface area contributed by atoms with Gasteiger partial charge in [-0.3, -0.25) is 0 Å². The molecule has 14 N–H and O–H groups in total. The van der Waals surface area contributed by atoms with Crippen LogP contribution >= 0.6 is 83.6 Å². The van der Waals surface area contributed by atoms with Gasteiger partial charge in [0.25, 0.3) is 0 Å². The zero-order chi connectivity index (χ0) is 71.9. The van der Waals surface area contributed by atoms with Gasteiger partial charge in [0.1, 0.15) is 23.3 Å². The van der Waals surface area contributed by atoms with Gasteiger partial charge < -0.3 is 64.5 Å². The number of benzene rings is 4. The molecular weight excluding hydrogens is 1460 g/mol. The van der Waals surface area contributed by atoms with E-state index in [-0.39, 0.29) is 95.6 Å². The van der Waals surface area contributed by atoms with Crippen LogP contribution in [0.2, 0.25) is 21.1 Å². The normalized spacial score (nSPS) is 9.11. The fraction of sp³-hybridized carbons (Fsp3) is 0.333. The Balaban J connectivity index is -0.000000569. The molecule has 4 aromatic heterocycles. The van der Waals surface area contributed by atoms with E-state index in [0.717, 1.165) is 74.4 Å². The van der Waals surface area contributed by atoms with Gasteiger partial charge in [-0.1, -0.05) is 100 Å². The molecule has 8 aromatic rings. The van der Waals surface area contributed by atoms with Crippen molar-refractivity contribution in [3.8, 4) is 49.4 Å². The molecule has 0 radical (unpaired) electrons. The number of rotatable bonds is 25. The summed E-state index contributed by atoms with van der Waals surface area (Å²) in [6, 6.07) is 24.8. The van der Waals surface area contributed by atoms with E-state index in [0.29, 0.717) is 93.4 Å². The van der Waals surface area contributed by atoms with Crippen LogP contribution < -0.4 is 59.7 Å². The predicted molar refractivity (Wildman–Crippen MR) is 412 cm³/mol. The number of terminal acetylenes is 4. The molecule has 0 spiro atoms. The van der Waals surface area contributed by atoms with Crippen LogP contribution in [0.15, 0.2) is 97.1 Å². The van der Waals surface area contributed by atoms with Crippen LogP contribution in [0.5, 0.6) is 0 Å². The molecule has 0 aliphatic rings. The molecule has 4 heterocycles. The molecule has 0 saturated heterocycles. The molecule has 8 rings (SSSR count). The molecule has 24 nitrogen and oxygen atoms in total. The Morgan fingerprint density at radius 2 is 0.584 bits per heavy atom. The summed E-state index contributed by atoms with van der Waals surface area (Å²) >= 11 is 21.7. The summed E-state index contributed by atoms with van der Waals surface area (Å²) in [6.45, 7) is 17.3. The largest absolute Gasteiger partial charge is 0.382 e. The highest BCUT2D eigenvalue weighted by atomic mass is 35.5. The highest BCUT2D eigenvalue weighted by Crippen LogP contribution is 2.15. The number of hydrogen-bond donors (Lipinski definition) is 11. The standard InChI is InChI=1S/2C16H19FN6.C13H11ClFN5.C7H8FN.C4H10O.C3Cl3N3.C3H9N.C3H5N.CH4.3ClH/c2*1-3-9-18-14-21-15(19-10-4-2)23-16(22-14)20-11-12-5-7-13(17)8-6-12;1-2-7-16-12-18-11(14)19-13(20-12)17-8-9-3-5-10(15)6-4-9;8-7-3-1-6(5-9)2-4-7;1-3-5-4-2;4-1-7-2(5)9-3(6)8-1;2*1-2-3-4;;;;/h2*1,5-8H,4,9-11H2,2H3,(H3,18,19,20,21,22,23);1,3-6H,7-8H2,(H2,16,17,18,19,20);1-4H,5,9H2;3-4H2,1-2H3;;2-4H2,1H3;1H,3-4H2;1H4;3*1H. The molecule has 550 valence electrons. The lowest BCUT2D eigenvalue weighted by molar-refractivity contribution is 0.162. The van der Waals surface area contributed by atoms with Crippen molar-refractivity contribution in [1.82, 2.24) is 59.8 Å². The van der Waals surface area contributed by atoms with E-state index in [1.165, 1.54) is 48.5 Å². The van der Waals surface area contributed by atoms with Gasteiger partial charge in [-0.2, -0.15) is 59.8 Å². The fourth-order valence-corrected chi connectivity index (χ4v) is 6.85. The molecule has 35 heteroatoms. The Labute approximate surface area is 628 Å². The summed E-state index contributed by atoms with van der Waals surface area (Å²) in [4.78, 5) is 47.9. The number of ether oxygens (including phenoxy) is 1. The van der Waals surface area contributed by atoms with Crippen molar-refractivity contribution in [3.63, 3.8) is 0 Å². The van der Waals surface area contributed by atoms with E-state index in [1.54, 1.807) is 48.5 Å². The Morgan fingerprint density at radius 1 is 0.356 bits per heavy atom. The van der Waals surface area contributed by atoms with Crippen LogP contribution in [0.3, 0.4) is 0 Å². The quantitative estimate of drug-likeness (QED) is 0.0187. The van der Waals surface area contributed by atoms with Gasteiger partial charge in [-0.25, -0.2) is 17.6 Å². The first kappa shape index (κ1) is 98.5. The van der Waals surface area contributed by atoms with Crippen molar-refractivity contribution in [1.29, 1.82) is 0 Å². The molecule has 0 aliphatic heterocycles. The molecule has 0 amide bonds. The lowest BCUT2D eigenvalue weighted by Gasteiger charge is -2.10. The fourth-order valence-electron chi connectivity index (χ4n) is 6.08. The summed E-state index contributed by atoms with van der Waals surface area (Å²) in [5, 5.41) is 24.1. The molecule has 0 atom stereocenters. The third kappa shape index (κ3) is 50.2. The minimum absolute atomic E-state index is 0. The zero-order valence-corrected chi connectivity index (χ0v) is 61.1. The second-order valence-electron chi connectivity index (χ2n) is 18.3. The SMILES string of the molecule is C.C#CCN.C#CCNc1nc(Cl)nc(NCc2ccc(F)cc2)n1.C#CCNc1nc(NCCC)nc(NCc2ccc(F)cc2)n1.C#CCNc1nc(NCCC)nc(NCc2ccc(F)cc2)n1.CCCN.CCOCC.Cl.Cl.Cl.Clc1nc(Cl)nc(Cl)n1.NCc1ccc(F)cc1. The van der Waals surface area contributed by atoms with Crippen LogP contribution in [0.1, 0.15) is 83.6 Å². The number of halogens is 11. The predicted octanol–water partition coefficient (Wildman–Crippen LogP) is 13.3. The summed E-state index contributed by atoms with van der Waals surface area (Å²) < 4.78 is 55.6. The highest BCUT2D eigenvalue weighted by Gasteiger charge is 2.09. The van der Waals surface area contributed by atoms with Crippen LogP contribution in [0, 0.1) is 72.6 Å².